The van der Waals surface area contributed by atoms with Crippen molar-refractivity contribution < 1.29 is 61.4 Å². The number of aliphatic hydroxyl groups excluding tert-OH is 1. The van der Waals surface area contributed by atoms with Crippen molar-refractivity contribution in [1.29, 1.82) is 0 Å². The van der Waals surface area contributed by atoms with Crippen LogP contribution in [0.3, 0.4) is 0 Å². The number of carbonyl (C=O) groups excluding carboxylic acids is 1. The van der Waals surface area contributed by atoms with Gasteiger partial charge in [-0.15, -0.1) is 0 Å². The molecule has 4 heterocycles. The van der Waals surface area contributed by atoms with Gasteiger partial charge in [-0.05, 0) is 48.8 Å². The Labute approximate surface area is 315 Å². The van der Waals surface area contributed by atoms with E-state index in [9.17, 15) is 28.2 Å². The molecule has 0 saturated carbocycles. The Kier molecular flexibility index (Phi) is 13.2. The van der Waals surface area contributed by atoms with Crippen LogP contribution in [0.2, 0.25) is 0 Å². The first kappa shape index (κ1) is 40.0. The van der Waals surface area contributed by atoms with Crippen LogP contribution < -0.4 is 14.8 Å². The number of benzene rings is 2. The molecule has 3 fully saturated rings. The predicted octanol–water partition coefficient (Wildman–Crippen LogP) is 3.42. The van der Waals surface area contributed by atoms with E-state index >= 15 is 0 Å². The van der Waals surface area contributed by atoms with Crippen LogP contribution in [0.25, 0.3) is 0 Å². The second-order valence-electron chi connectivity index (χ2n) is 14.9. The van der Waals surface area contributed by atoms with Gasteiger partial charge in [0.1, 0.15) is 6.79 Å². The standard InChI is InChI=1S/C37H51N3O13S/c1-37(2,13-6-7-14-38-35(42)53-26-19-47-23-48-20-26)22-39(54(45,46)27-10-11-32-33(17-27)52-24-51-32)18-31(41)29(16-25-8-4-3-5-9-25)40(36(43)44)30-21-50-34-28(30)12-15-49-34/h3-5,8-11,17,26,28-31,34,41H,6-7,12-16,18-24H2,1-2H3,(H,38,42)(H,43,44)/t28-,29-,30-,31+,34+/m0/s1. The first-order valence-corrected chi connectivity index (χ1v) is 19.8. The Balaban J connectivity index is 1.20. The second-order valence-corrected chi connectivity index (χ2v) is 16.8. The zero-order valence-corrected chi connectivity index (χ0v) is 31.5. The molecule has 0 spiro atoms. The smallest absolute Gasteiger partial charge is 0.407 e. The quantitative estimate of drug-likeness (QED) is 0.198. The number of sulfonamides is 1. The van der Waals surface area contributed by atoms with Gasteiger partial charge in [0.15, 0.2) is 23.9 Å². The summed E-state index contributed by atoms with van der Waals surface area (Å²) < 4.78 is 68.3. The van der Waals surface area contributed by atoms with Crippen molar-refractivity contribution in [1.82, 2.24) is 14.5 Å². The molecule has 3 saturated heterocycles. The molecule has 0 aromatic heterocycles. The molecule has 17 heteroatoms. The number of unbranched alkanes of at least 4 members (excludes halogenated alkanes) is 1. The Bertz CT molecular complexity index is 1670. The molecule has 0 bridgehead atoms. The lowest BCUT2D eigenvalue weighted by atomic mass is 9.87. The molecule has 5 atom stereocenters. The molecule has 0 radical (unpaired) electrons. The number of alkyl carbamates (subject to hydrolysis) is 1. The van der Waals surface area contributed by atoms with Gasteiger partial charge in [0.25, 0.3) is 0 Å². The second kappa shape index (κ2) is 17.8. The van der Waals surface area contributed by atoms with Gasteiger partial charge < -0.3 is 48.7 Å². The van der Waals surface area contributed by atoms with Gasteiger partial charge in [0.05, 0.1) is 49.5 Å². The van der Waals surface area contributed by atoms with E-state index in [0.717, 1.165) is 5.56 Å². The molecule has 54 heavy (non-hydrogen) atoms. The Morgan fingerprint density at radius 3 is 2.52 bits per heavy atom. The van der Waals surface area contributed by atoms with E-state index in [1.807, 2.05) is 44.2 Å². The fourth-order valence-electron chi connectivity index (χ4n) is 7.50. The van der Waals surface area contributed by atoms with E-state index in [-0.39, 0.29) is 63.7 Å². The molecule has 3 N–H and O–H groups in total. The summed E-state index contributed by atoms with van der Waals surface area (Å²) in [5.41, 5.74) is 0.185. The van der Waals surface area contributed by atoms with E-state index in [2.05, 4.69) is 5.32 Å². The summed E-state index contributed by atoms with van der Waals surface area (Å²) in [6, 6.07) is 12.0. The van der Waals surface area contributed by atoms with Crippen LogP contribution in [0.1, 0.15) is 45.1 Å². The molecule has 2 aromatic rings. The van der Waals surface area contributed by atoms with Crippen molar-refractivity contribution in [3.05, 3.63) is 54.1 Å². The summed E-state index contributed by atoms with van der Waals surface area (Å²) in [6.07, 6.45) is -1.66. The van der Waals surface area contributed by atoms with Crippen molar-refractivity contribution in [3.8, 4) is 11.5 Å². The average molecular weight is 778 g/mol. The van der Waals surface area contributed by atoms with Crippen LogP contribution in [0.4, 0.5) is 9.59 Å². The Hall–Kier alpha value is -3.71. The van der Waals surface area contributed by atoms with Gasteiger partial charge in [0.2, 0.25) is 16.8 Å². The summed E-state index contributed by atoms with van der Waals surface area (Å²) in [6.45, 7) is 5.07. The van der Waals surface area contributed by atoms with Crippen LogP contribution in [-0.4, -0.2) is 130 Å². The van der Waals surface area contributed by atoms with E-state index in [1.54, 1.807) is 0 Å². The number of ether oxygens (including phenoxy) is 7. The third kappa shape index (κ3) is 9.93. The number of aliphatic hydroxyl groups is 1. The largest absolute Gasteiger partial charge is 0.465 e. The van der Waals surface area contributed by atoms with Crippen molar-refractivity contribution >= 4 is 22.2 Å². The normalized spacial score (nSPS) is 22.5. The van der Waals surface area contributed by atoms with Crippen LogP contribution in [0.15, 0.2) is 53.4 Å². The van der Waals surface area contributed by atoms with Gasteiger partial charge in [0, 0.05) is 31.6 Å². The lowest BCUT2D eigenvalue weighted by molar-refractivity contribution is -0.151. The summed E-state index contributed by atoms with van der Waals surface area (Å²) >= 11 is 0. The van der Waals surface area contributed by atoms with Crippen LogP contribution in [-0.2, 0) is 40.1 Å². The summed E-state index contributed by atoms with van der Waals surface area (Å²) in [7, 11) is -4.26. The minimum atomic E-state index is -4.26. The number of nitrogens with zero attached hydrogens (tertiary/aromatic N) is 2. The number of carbonyl (C=O) groups is 2. The minimum Gasteiger partial charge on any atom is -0.465 e. The maximum atomic E-state index is 14.5. The highest BCUT2D eigenvalue weighted by Crippen LogP contribution is 2.38. The molecule has 6 rings (SSSR count). The van der Waals surface area contributed by atoms with Crippen molar-refractivity contribution in [2.45, 2.75) is 81.4 Å². The highest BCUT2D eigenvalue weighted by atomic mass is 32.2. The van der Waals surface area contributed by atoms with E-state index in [1.165, 1.54) is 27.4 Å². The minimum absolute atomic E-state index is 0.00813. The fraction of sp³-hybridized carbons (Fsp3) is 0.622. The number of carboxylic acid groups (broad SMARTS) is 1. The number of hydrogen-bond acceptors (Lipinski definition) is 12. The lowest BCUT2D eigenvalue weighted by Crippen LogP contribution is -2.58. The van der Waals surface area contributed by atoms with E-state index in [0.29, 0.717) is 50.3 Å². The number of hydrogen-bond donors (Lipinski definition) is 3. The van der Waals surface area contributed by atoms with Crippen molar-refractivity contribution in [3.63, 3.8) is 0 Å². The lowest BCUT2D eigenvalue weighted by Gasteiger charge is -2.40. The SMILES string of the molecule is CC(C)(CCCCNC(=O)OC1COCOC1)CN(C[C@@H](O)[C@H](Cc1ccccc1)N(C(=O)O)[C@H]1CO[C@H]2OCC[C@H]21)S(=O)(=O)c1ccc2c(c1)OCO2. The zero-order valence-electron chi connectivity index (χ0n) is 30.7. The molecule has 2 amide bonds. The fourth-order valence-corrected chi connectivity index (χ4v) is 9.16. The monoisotopic (exact) mass is 777 g/mol. The van der Waals surface area contributed by atoms with Gasteiger partial charge in [-0.1, -0.05) is 50.6 Å². The highest BCUT2D eigenvalue weighted by Gasteiger charge is 2.49. The first-order chi connectivity index (χ1) is 25.9. The Morgan fingerprint density at radius 1 is 1.00 bits per heavy atom. The number of nitrogens with one attached hydrogen (secondary N) is 1. The summed E-state index contributed by atoms with van der Waals surface area (Å²) in [5, 5.41) is 25.5. The predicted molar refractivity (Wildman–Crippen MR) is 191 cm³/mol. The maximum Gasteiger partial charge on any atom is 0.407 e. The topological polar surface area (TPSA) is 192 Å². The van der Waals surface area contributed by atoms with Crippen molar-refractivity contribution in [2.24, 2.45) is 11.3 Å². The maximum absolute atomic E-state index is 14.5. The molecule has 4 aliphatic rings. The van der Waals surface area contributed by atoms with Gasteiger partial charge >= 0.3 is 12.2 Å². The highest BCUT2D eigenvalue weighted by molar-refractivity contribution is 7.89. The molecule has 0 unspecified atom stereocenters. The van der Waals surface area contributed by atoms with Gasteiger partial charge in [-0.2, -0.15) is 4.31 Å². The first-order valence-electron chi connectivity index (χ1n) is 18.4. The van der Waals surface area contributed by atoms with Crippen LogP contribution >= 0.6 is 0 Å². The third-order valence-electron chi connectivity index (χ3n) is 10.3. The molecule has 2 aromatic carbocycles. The average Bonchev–Trinajstić information content (AvgIpc) is 3.90. The van der Waals surface area contributed by atoms with Crippen LogP contribution in [0.5, 0.6) is 11.5 Å². The zero-order chi connectivity index (χ0) is 38.3. The molecule has 0 aliphatic carbocycles. The molecule has 298 valence electrons. The van der Waals surface area contributed by atoms with E-state index < -0.39 is 58.2 Å². The summed E-state index contributed by atoms with van der Waals surface area (Å²) in [4.78, 5) is 26.5. The number of rotatable bonds is 17. The van der Waals surface area contributed by atoms with Crippen LogP contribution in [0, 0.1) is 11.3 Å². The van der Waals surface area contributed by atoms with Crippen molar-refractivity contribution in [2.75, 3.05) is 59.6 Å². The van der Waals surface area contributed by atoms with Gasteiger partial charge in [-0.3, -0.25) is 4.90 Å². The number of amides is 2. The summed E-state index contributed by atoms with van der Waals surface area (Å²) in [5.74, 6) is 0.497. The molecule has 4 aliphatic heterocycles. The van der Waals surface area contributed by atoms with Gasteiger partial charge in [-0.25, -0.2) is 18.0 Å². The molecular weight excluding hydrogens is 726 g/mol. The third-order valence-corrected chi connectivity index (χ3v) is 12.1. The molecule has 16 nitrogen and oxygen atoms in total. The van der Waals surface area contributed by atoms with E-state index in [4.69, 9.17) is 33.2 Å². The number of fused-ring (bicyclic) bond motifs is 2. The Morgan fingerprint density at radius 2 is 1.76 bits per heavy atom. The molecular formula is C37H51N3O13S.